The molecule has 0 saturated heterocycles. The van der Waals surface area contributed by atoms with E-state index < -0.39 is 17.8 Å². The summed E-state index contributed by atoms with van der Waals surface area (Å²) >= 11 is 0. The summed E-state index contributed by atoms with van der Waals surface area (Å²) in [5.41, 5.74) is 2.41. The largest absolute Gasteiger partial charge is 0.462 e. The highest BCUT2D eigenvalue weighted by Gasteiger charge is 2.39. The molecule has 0 N–H and O–H groups in total. The number of hydrogen-bond acceptors (Lipinski definition) is 6. The SMILES string of the molecule is CC1=NC(C)=C(C(=O)OCC2CCC2)C(c2cccc3c(=O)cc(C)oc23)C1C#N. The molecule has 0 radical (unpaired) electrons. The lowest BCUT2D eigenvalue weighted by Crippen LogP contribution is -2.31. The van der Waals surface area contributed by atoms with Crippen LogP contribution in [0.1, 0.15) is 50.4 Å². The van der Waals surface area contributed by atoms with Crippen molar-refractivity contribution in [2.24, 2.45) is 16.8 Å². The fourth-order valence-corrected chi connectivity index (χ4v) is 4.30. The Hall–Kier alpha value is -3.20. The number of allylic oxidation sites excluding steroid dienone is 1. The standard InChI is InChI=1S/C24H24N2O4/c1-13-10-20(27)17-8-5-9-18(23(17)30-13)22-19(11-25)14(2)26-15(3)21(22)24(28)29-12-16-6-4-7-16/h5,8-10,16,19,22H,4,6-7,12H2,1-3H3. The highest BCUT2D eigenvalue weighted by Crippen LogP contribution is 2.41. The van der Waals surface area contributed by atoms with Crippen LogP contribution in [0.5, 0.6) is 0 Å². The molecule has 2 heterocycles. The molecular formula is C24H24N2O4. The second-order valence-corrected chi connectivity index (χ2v) is 8.18. The Balaban J connectivity index is 1.85. The smallest absolute Gasteiger partial charge is 0.336 e. The molecule has 2 aromatic rings. The maximum absolute atomic E-state index is 13.1. The van der Waals surface area contributed by atoms with Crippen molar-refractivity contribution in [2.45, 2.75) is 46.0 Å². The van der Waals surface area contributed by atoms with Gasteiger partial charge in [-0.15, -0.1) is 0 Å². The Kier molecular flexibility index (Phi) is 5.29. The summed E-state index contributed by atoms with van der Waals surface area (Å²) in [6.07, 6.45) is 3.31. The van der Waals surface area contributed by atoms with Crippen molar-refractivity contribution in [2.75, 3.05) is 6.61 Å². The van der Waals surface area contributed by atoms with Gasteiger partial charge in [-0.25, -0.2) is 4.79 Å². The number of hydrogen-bond donors (Lipinski definition) is 0. The number of benzene rings is 1. The van der Waals surface area contributed by atoms with Gasteiger partial charge in [0.15, 0.2) is 5.43 Å². The van der Waals surface area contributed by atoms with Gasteiger partial charge in [-0.1, -0.05) is 18.6 Å². The van der Waals surface area contributed by atoms with Gasteiger partial charge in [0.2, 0.25) is 0 Å². The number of para-hydroxylation sites is 1. The molecule has 0 amide bonds. The number of rotatable bonds is 4. The number of carbonyl (C=O) groups excluding carboxylic acids is 1. The maximum Gasteiger partial charge on any atom is 0.336 e. The second-order valence-electron chi connectivity index (χ2n) is 8.18. The molecule has 4 rings (SSSR count). The van der Waals surface area contributed by atoms with Gasteiger partial charge in [0.25, 0.3) is 0 Å². The van der Waals surface area contributed by atoms with Crippen LogP contribution in [0.3, 0.4) is 0 Å². The second kappa shape index (κ2) is 7.91. The van der Waals surface area contributed by atoms with E-state index in [9.17, 15) is 14.9 Å². The molecule has 1 aromatic heterocycles. The van der Waals surface area contributed by atoms with Gasteiger partial charge in [-0.05, 0) is 45.6 Å². The Labute approximate surface area is 174 Å². The molecule has 6 heteroatoms. The highest BCUT2D eigenvalue weighted by atomic mass is 16.5. The van der Waals surface area contributed by atoms with E-state index in [0.29, 0.717) is 51.8 Å². The topological polar surface area (TPSA) is 92.7 Å². The Morgan fingerprint density at radius 2 is 2.07 bits per heavy atom. The van der Waals surface area contributed by atoms with Crippen molar-refractivity contribution in [1.29, 1.82) is 5.26 Å². The molecule has 30 heavy (non-hydrogen) atoms. The first kappa shape index (κ1) is 20.1. The van der Waals surface area contributed by atoms with Crippen LogP contribution in [0.25, 0.3) is 11.0 Å². The van der Waals surface area contributed by atoms with Crippen molar-refractivity contribution in [3.8, 4) is 6.07 Å². The van der Waals surface area contributed by atoms with Crippen LogP contribution in [-0.4, -0.2) is 18.3 Å². The summed E-state index contributed by atoms with van der Waals surface area (Å²) in [6.45, 7) is 5.64. The first-order valence-corrected chi connectivity index (χ1v) is 10.3. The number of aryl methyl sites for hydroxylation is 1. The minimum atomic E-state index is -0.656. The van der Waals surface area contributed by atoms with Crippen LogP contribution >= 0.6 is 0 Å². The van der Waals surface area contributed by atoms with Gasteiger partial charge < -0.3 is 9.15 Å². The maximum atomic E-state index is 13.1. The molecule has 2 unspecified atom stereocenters. The summed E-state index contributed by atoms with van der Waals surface area (Å²) < 4.78 is 11.5. The number of carbonyl (C=O) groups is 1. The van der Waals surface area contributed by atoms with Gasteiger partial charge >= 0.3 is 5.97 Å². The van der Waals surface area contributed by atoms with Gasteiger partial charge in [0.05, 0.1) is 29.6 Å². The van der Waals surface area contributed by atoms with E-state index >= 15 is 0 Å². The number of nitrogens with zero attached hydrogens (tertiary/aromatic N) is 2. The normalized spacial score (nSPS) is 21.7. The van der Waals surface area contributed by atoms with E-state index in [4.69, 9.17) is 9.15 Å². The quantitative estimate of drug-likeness (QED) is 0.704. The Morgan fingerprint density at radius 1 is 1.30 bits per heavy atom. The zero-order chi connectivity index (χ0) is 21.4. The molecule has 1 aliphatic carbocycles. The van der Waals surface area contributed by atoms with Crippen LogP contribution in [0.4, 0.5) is 0 Å². The van der Waals surface area contributed by atoms with Crippen molar-refractivity contribution in [1.82, 2.24) is 0 Å². The summed E-state index contributed by atoms with van der Waals surface area (Å²) in [5.74, 6) is -0.837. The third kappa shape index (κ3) is 3.45. The molecule has 6 nitrogen and oxygen atoms in total. The fourth-order valence-electron chi connectivity index (χ4n) is 4.30. The van der Waals surface area contributed by atoms with E-state index in [2.05, 4.69) is 11.1 Å². The molecule has 0 bridgehead atoms. The van der Waals surface area contributed by atoms with Crippen LogP contribution < -0.4 is 5.43 Å². The van der Waals surface area contributed by atoms with Crippen molar-refractivity contribution in [3.63, 3.8) is 0 Å². The predicted molar refractivity (Wildman–Crippen MR) is 113 cm³/mol. The number of ether oxygens (including phenoxy) is 1. The van der Waals surface area contributed by atoms with Crippen LogP contribution in [0, 0.1) is 30.1 Å². The lowest BCUT2D eigenvalue weighted by molar-refractivity contribution is -0.141. The molecule has 1 saturated carbocycles. The zero-order valence-corrected chi connectivity index (χ0v) is 17.4. The van der Waals surface area contributed by atoms with E-state index in [-0.39, 0.29) is 5.43 Å². The van der Waals surface area contributed by atoms with Crippen LogP contribution in [0.2, 0.25) is 0 Å². The van der Waals surface area contributed by atoms with Crippen LogP contribution in [-0.2, 0) is 9.53 Å². The molecule has 2 aliphatic rings. The third-order valence-corrected chi connectivity index (χ3v) is 6.11. The number of aliphatic imine (C=N–C) groups is 1. The molecule has 0 spiro atoms. The molecule has 1 fully saturated rings. The minimum absolute atomic E-state index is 0.153. The van der Waals surface area contributed by atoms with Crippen molar-refractivity contribution < 1.29 is 13.9 Å². The van der Waals surface area contributed by atoms with E-state index in [0.717, 1.165) is 12.8 Å². The van der Waals surface area contributed by atoms with Crippen molar-refractivity contribution >= 4 is 22.7 Å². The summed E-state index contributed by atoms with van der Waals surface area (Å²) in [6, 6.07) is 9.00. The Morgan fingerprint density at radius 3 is 2.73 bits per heavy atom. The van der Waals surface area contributed by atoms with Gasteiger partial charge in [-0.3, -0.25) is 9.79 Å². The Bertz CT molecular complexity index is 1180. The van der Waals surface area contributed by atoms with Gasteiger partial charge in [0, 0.05) is 29.0 Å². The number of esters is 1. The zero-order valence-electron chi connectivity index (χ0n) is 17.4. The average molecular weight is 404 g/mol. The van der Waals surface area contributed by atoms with Crippen molar-refractivity contribution in [3.05, 3.63) is 57.1 Å². The van der Waals surface area contributed by atoms with Gasteiger partial charge in [0.1, 0.15) is 11.3 Å². The first-order valence-electron chi connectivity index (χ1n) is 10.3. The average Bonchev–Trinajstić information content (AvgIpc) is 2.65. The fraction of sp³-hybridized carbons (Fsp3) is 0.417. The van der Waals surface area contributed by atoms with E-state index in [1.54, 1.807) is 32.9 Å². The number of nitriles is 1. The minimum Gasteiger partial charge on any atom is -0.462 e. The lowest BCUT2D eigenvalue weighted by atomic mass is 9.76. The molecular weight excluding hydrogens is 380 g/mol. The summed E-state index contributed by atoms with van der Waals surface area (Å²) in [5, 5.41) is 10.4. The lowest BCUT2D eigenvalue weighted by Gasteiger charge is -2.30. The van der Waals surface area contributed by atoms with E-state index in [1.165, 1.54) is 12.5 Å². The molecule has 2 atom stereocenters. The highest BCUT2D eigenvalue weighted by molar-refractivity contribution is 5.99. The first-order chi connectivity index (χ1) is 14.4. The summed E-state index contributed by atoms with van der Waals surface area (Å²) in [4.78, 5) is 30.1. The molecule has 154 valence electrons. The monoisotopic (exact) mass is 404 g/mol. The van der Waals surface area contributed by atoms with Gasteiger partial charge in [-0.2, -0.15) is 5.26 Å². The third-order valence-electron chi connectivity index (χ3n) is 6.11. The van der Waals surface area contributed by atoms with Crippen LogP contribution in [0.15, 0.2) is 49.7 Å². The summed E-state index contributed by atoms with van der Waals surface area (Å²) in [7, 11) is 0. The molecule has 1 aliphatic heterocycles. The van der Waals surface area contributed by atoms with E-state index in [1.807, 2.05) is 6.07 Å². The molecule has 1 aromatic carbocycles. The number of fused-ring (bicyclic) bond motifs is 1. The predicted octanol–water partition coefficient (Wildman–Crippen LogP) is 4.42.